The molecule has 0 heterocycles. The van der Waals surface area contributed by atoms with Crippen molar-refractivity contribution in [2.45, 2.75) is 13.8 Å². The molecule has 0 fully saturated rings. The van der Waals surface area contributed by atoms with Crippen molar-refractivity contribution in [1.29, 1.82) is 0 Å². The molecule has 6 heteroatoms. The van der Waals surface area contributed by atoms with Crippen molar-refractivity contribution >= 4 is 29.0 Å². The Morgan fingerprint density at radius 3 is 2.24 bits per heavy atom. The Bertz CT molecular complexity index is 787. The second-order valence-electron chi connectivity index (χ2n) is 5.48. The molecule has 2 amide bonds. The Labute approximate surface area is 146 Å². The van der Waals surface area contributed by atoms with Gasteiger partial charge in [-0.15, -0.1) is 0 Å². The van der Waals surface area contributed by atoms with E-state index in [0.717, 1.165) is 0 Å². The van der Waals surface area contributed by atoms with Crippen molar-refractivity contribution in [2.75, 3.05) is 23.7 Å². The van der Waals surface area contributed by atoms with E-state index in [1.807, 2.05) is 6.92 Å². The van der Waals surface area contributed by atoms with E-state index in [1.165, 1.54) is 6.92 Å². The number of carbonyl (C=O) groups excluding carboxylic acids is 3. The van der Waals surface area contributed by atoms with Crippen LogP contribution >= 0.6 is 0 Å². The molecule has 2 aromatic carbocycles. The van der Waals surface area contributed by atoms with Crippen LogP contribution in [0.2, 0.25) is 0 Å². The lowest BCUT2D eigenvalue weighted by Gasteiger charge is -2.10. The van der Waals surface area contributed by atoms with Gasteiger partial charge < -0.3 is 16.0 Å². The molecule has 2 aromatic rings. The van der Waals surface area contributed by atoms with Crippen LogP contribution in [0.4, 0.5) is 11.4 Å². The quantitative estimate of drug-likeness (QED) is 0.677. The van der Waals surface area contributed by atoms with Crippen LogP contribution < -0.4 is 16.0 Å². The number of Topliss-reactive ketones (excluding diaryl/α,β-unsaturated/α-hetero) is 1. The normalized spacial score (nSPS) is 10.0. The fourth-order valence-electron chi connectivity index (χ4n) is 2.24. The number of rotatable bonds is 7. The van der Waals surface area contributed by atoms with E-state index in [1.54, 1.807) is 48.5 Å². The van der Waals surface area contributed by atoms with Crippen LogP contribution in [0.5, 0.6) is 0 Å². The molecule has 3 N–H and O–H groups in total. The third-order valence-corrected chi connectivity index (χ3v) is 3.47. The molecule has 0 atom stereocenters. The van der Waals surface area contributed by atoms with Crippen molar-refractivity contribution < 1.29 is 14.4 Å². The van der Waals surface area contributed by atoms with Gasteiger partial charge in [-0.2, -0.15) is 0 Å². The first-order valence-corrected chi connectivity index (χ1v) is 8.02. The smallest absolute Gasteiger partial charge is 0.251 e. The zero-order valence-corrected chi connectivity index (χ0v) is 14.3. The first kappa shape index (κ1) is 18.2. The lowest BCUT2D eigenvalue weighted by molar-refractivity contribution is -0.114. The fraction of sp³-hybridized carbons (Fsp3) is 0.211. The number of amides is 2. The molecule has 0 radical (unpaired) electrons. The highest BCUT2D eigenvalue weighted by molar-refractivity contribution is 5.98. The van der Waals surface area contributed by atoms with Crippen LogP contribution in [0.15, 0.2) is 48.5 Å². The Kier molecular flexibility index (Phi) is 6.28. The molecule has 0 saturated heterocycles. The van der Waals surface area contributed by atoms with Gasteiger partial charge in [-0.25, -0.2) is 0 Å². The molecule has 0 aromatic heterocycles. The van der Waals surface area contributed by atoms with Gasteiger partial charge in [0.25, 0.3) is 5.91 Å². The molecule has 25 heavy (non-hydrogen) atoms. The average Bonchev–Trinajstić information content (AvgIpc) is 2.60. The molecular weight excluding hydrogens is 318 g/mol. The van der Waals surface area contributed by atoms with Gasteiger partial charge in [-0.05, 0) is 44.2 Å². The van der Waals surface area contributed by atoms with Gasteiger partial charge in [0.2, 0.25) is 5.91 Å². The predicted octanol–water partition coefficient (Wildman–Crippen LogP) is 2.69. The number of hydrogen-bond donors (Lipinski definition) is 3. The number of anilines is 2. The first-order valence-electron chi connectivity index (χ1n) is 8.02. The minimum absolute atomic E-state index is 0.0322. The maximum absolute atomic E-state index is 12.1. The summed E-state index contributed by atoms with van der Waals surface area (Å²) in [5, 5.41) is 8.42. The summed E-state index contributed by atoms with van der Waals surface area (Å²) in [6, 6.07) is 13.7. The number of ketones is 1. The highest BCUT2D eigenvalue weighted by atomic mass is 16.2. The van der Waals surface area contributed by atoms with Crippen LogP contribution in [0.3, 0.4) is 0 Å². The van der Waals surface area contributed by atoms with Crippen LogP contribution in [0, 0.1) is 0 Å². The fourth-order valence-corrected chi connectivity index (χ4v) is 2.24. The van der Waals surface area contributed by atoms with Gasteiger partial charge in [0, 0.05) is 29.0 Å². The summed E-state index contributed by atoms with van der Waals surface area (Å²) in [5.74, 6) is -0.464. The number of benzene rings is 2. The Morgan fingerprint density at radius 2 is 1.56 bits per heavy atom. The summed E-state index contributed by atoms with van der Waals surface area (Å²) in [6.07, 6.45) is 0. The number of nitrogens with one attached hydrogen (secondary N) is 3. The second kappa shape index (κ2) is 8.63. The molecule has 0 aliphatic rings. The molecule has 2 rings (SSSR count). The standard InChI is InChI=1S/C19H21N3O3/c1-3-20-19(25)15-7-5-9-17(11-15)22-18(24)12-21-16-8-4-6-14(10-16)13(2)23/h4-11,21H,3,12H2,1-2H3,(H,20,25)(H,22,24). The van der Waals surface area contributed by atoms with E-state index in [4.69, 9.17) is 0 Å². The van der Waals surface area contributed by atoms with E-state index in [-0.39, 0.29) is 24.1 Å². The van der Waals surface area contributed by atoms with Gasteiger partial charge in [-0.1, -0.05) is 18.2 Å². The highest BCUT2D eigenvalue weighted by Gasteiger charge is 2.07. The van der Waals surface area contributed by atoms with Gasteiger partial charge in [0.1, 0.15) is 0 Å². The highest BCUT2D eigenvalue weighted by Crippen LogP contribution is 2.12. The average molecular weight is 339 g/mol. The molecular formula is C19H21N3O3. The third kappa shape index (κ3) is 5.46. The SMILES string of the molecule is CCNC(=O)c1cccc(NC(=O)CNc2cccc(C(C)=O)c2)c1. The van der Waals surface area contributed by atoms with Crippen molar-refractivity contribution in [3.8, 4) is 0 Å². The van der Waals surface area contributed by atoms with Gasteiger partial charge in [-0.3, -0.25) is 14.4 Å². The minimum Gasteiger partial charge on any atom is -0.376 e. The number of hydrogen-bond acceptors (Lipinski definition) is 4. The maximum atomic E-state index is 12.1. The zero-order valence-electron chi connectivity index (χ0n) is 14.3. The van der Waals surface area contributed by atoms with Gasteiger partial charge in [0.05, 0.1) is 6.54 Å². The summed E-state index contributed by atoms with van der Waals surface area (Å²) in [6.45, 7) is 3.93. The molecule has 6 nitrogen and oxygen atoms in total. The van der Waals surface area contributed by atoms with E-state index in [9.17, 15) is 14.4 Å². The van der Waals surface area contributed by atoms with Crippen LogP contribution in [-0.4, -0.2) is 30.7 Å². The Hall–Kier alpha value is -3.15. The molecule has 0 unspecified atom stereocenters. The third-order valence-electron chi connectivity index (χ3n) is 3.47. The zero-order chi connectivity index (χ0) is 18.2. The van der Waals surface area contributed by atoms with E-state index >= 15 is 0 Å². The van der Waals surface area contributed by atoms with Crippen LogP contribution in [0.1, 0.15) is 34.6 Å². The first-order chi connectivity index (χ1) is 12.0. The van der Waals surface area contributed by atoms with Gasteiger partial charge in [0.15, 0.2) is 5.78 Å². The van der Waals surface area contributed by atoms with Crippen LogP contribution in [0.25, 0.3) is 0 Å². The molecule has 0 bridgehead atoms. The molecule has 0 saturated carbocycles. The summed E-state index contributed by atoms with van der Waals surface area (Å²) in [4.78, 5) is 35.3. The summed E-state index contributed by atoms with van der Waals surface area (Å²) in [7, 11) is 0. The van der Waals surface area contributed by atoms with Crippen LogP contribution in [-0.2, 0) is 4.79 Å². The largest absolute Gasteiger partial charge is 0.376 e. The van der Waals surface area contributed by atoms with E-state index in [0.29, 0.717) is 29.0 Å². The molecule has 0 spiro atoms. The van der Waals surface area contributed by atoms with Gasteiger partial charge >= 0.3 is 0 Å². The Morgan fingerprint density at radius 1 is 0.920 bits per heavy atom. The van der Waals surface area contributed by atoms with Crippen molar-refractivity contribution in [3.63, 3.8) is 0 Å². The molecule has 0 aliphatic heterocycles. The monoisotopic (exact) mass is 339 g/mol. The number of carbonyl (C=O) groups is 3. The van der Waals surface area contributed by atoms with E-state index in [2.05, 4.69) is 16.0 Å². The molecule has 0 aliphatic carbocycles. The van der Waals surface area contributed by atoms with Crippen molar-refractivity contribution in [3.05, 3.63) is 59.7 Å². The second-order valence-corrected chi connectivity index (χ2v) is 5.48. The summed E-state index contributed by atoms with van der Waals surface area (Å²) >= 11 is 0. The predicted molar refractivity (Wildman–Crippen MR) is 98.0 cm³/mol. The topological polar surface area (TPSA) is 87.3 Å². The van der Waals surface area contributed by atoms with Crippen molar-refractivity contribution in [1.82, 2.24) is 5.32 Å². The molecule has 130 valence electrons. The maximum Gasteiger partial charge on any atom is 0.251 e. The lowest BCUT2D eigenvalue weighted by Crippen LogP contribution is -2.24. The van der Waals surface area contributed by atoms with E-state index < -0.39 is 0 Å². The Balaban J connectivity index is 1.94. The van der Waals surface area contributed by atoms with Crippen molar-refractivity contribution in [2.24, 2.45) is 0 Å². The minimum atomic E-state index is -0.249. The summed E-state index contributed by atoms with van der Waals surface area (Å²) in [5.41, 5.74) is 2.31. The summed E-state index contributed by atoms with van der Waals surface area (Å²) < 4.78 is 0. The lowest BCUT2D eigenvalue weighted by atomic mass is 10.1.